The van der Waals surface area contributed by atoms with Crippen LogP contribution in [0.1, 0.15) is 5.56 Å². The zero-order chi connectivity index (χ0) is 25.2. The number of hydrogen-bond acceptors (Lipinski definition) is 1. The molecule has 0 spiro atoms. The molecule has 0 bridgehead atoms. The first-order chi connectivity index (χ1) is 17.2. The third kappa shape index (κ3) is 3.65. The molecule has 2 aromatic heterocycles. The van der Waals surface area contributed by atoms with Crippen LogP contribution in [0.25, 0.3) is 55.1 Å². The van der Waals surface area contributed by atoms with E-state index in [1.54, 1.807) is 6.07 Å². The summed E-state index contributed by atoms with van der Waals surface area (Å²) in [5, 5.41) is 4.15. The van der Waals surface area contributed by atoms with Crippen molar-refractivity contribution in [2.24, 2.45) is 7.05 Å². The Labute approximate surface area is 213 Å². The number of rotatable bonds is 3. The maximum absolute atomic E-state index is 15.4. The molecule has 178 valence electrons. The standard InChI is InChI=1S/C32H29FGeNO/c1-20-10-13-25-26-14-15-27(33)30(23-12-11-21-8-6-7-9-22(21)18-23)32(26)36-31(25)29(20)28-19-24(34(2,3)4)16-17-35(28)5/h6-19H,1-5H3/q+1. The van der Waals surface area contributed by atoms with Gasteiger partial charge in [0.05, 0.1) is 0 Å². The number of aromatic nitrogens is 1. The van der Waals surface area contributed by atoms with Gasteiger partial charge in [-0.2, -0.15) is 0 Å². The Balaban J connectivity index is 1.67. The average Bonchev–Trinajstić information content (AvgIpc) is 3.22. The Morgan fingerprint density at radius 3 is 2.19 bits per heavy atom. The van der Waals surface area contributed by atoms with Crippen molar-refractivity contribution < 1.29 is 13.4 Å². The predicted molar refractivity (Wildman–Crippen MR) is 151 cm³/mol. The molecule has 2 heterocycles. The summed E-state index contributed by atoms with van der Waals surface area (Å²) in [5.74, 6) is 6.95. The number of fused-ring (bicyclic) bond motifs is 4. The quantitative estimate of drug-likeness (QED) is 0.167. The molecule has 0 radical (unpaired) electrons. The molecule has 0 unspecified atom stereocenters. The van der Waals surface area contributed by atoms with Crippen LogP contribution < -0.4 is 8.96 Å². The van der Waals surface area contributed by atoms with E-state index in [4.69, 9.17) is 4.42 Å². The van der Waals surface area contributed by atoms with Gasteiger partial charge in [-0.05, 0) is 0 Å². The zero-order valence-corrected chi connectivity index (χ0v) is 23.4. The predicted octanol–water partition coefficient (Wildman–Crippen LogP) is 7.89. The first kappa shape index (κ1) is 23.0. The van der Waals surface area contributed by atoms with Crippen LogP contribution >= 0.6 is 0 Å². The summed E-state index contributed by atoms with van der Waals surface area (Å²) in [6.45, 7) is 2.12. The Morgan fingerprint density at radius 2 is 1.44 bits per heavy atom. The molecular weight excluding hydrogens is 506 g/mol. The summed E-state index contributed by atoms with van der Waals surface area (Å²) in [7, 11) is 2.08. The van der Waals surface area contributed by atoms with Crippen molar-refractivity contribution in [3.8, 4) is 22.4 Å². The minimum atomic E-state index is -2.05. The van der Waals surface area contributed by atoms with Crippen molar-refractivity contribution in [3.63, 3.8) is 0 Å². The molecule has 0 aliphatic carbocycles. The summed E-state index contributed by atoms with van der Waals surface area (Å²) in [4.78, 5) is 0. The van der Waals surface area contributed by atoms with Crippen LogP contribution in [0.2, 0.25) is 17.3 Å². The van der Waals surface area contributed by atoms with Crippen LogP contribution in [0, 0.1) is 12.7 Å². The maximum atomic E-state index is 15.4. The van der Waals surface area contributed by atoms with Crippen molar-refractivity contribution in [3.05, 3.63) is 96.4 Å². The van der Waals surface area contributed by atoms with Crippen molar-refractivity contribution in [1.29, 1.82) is 0 Å². The normalized spacial score (nSPS) is 12.2. The van der Waals surface area contributed by atoms with Gasteiger partial charge in [-0.25, -0.2) is 0 Å². The summed E-state index contributed by atoms with van der Waals surface area (Å²) >= 11 is -2.05. The van der Waals surface area contributed by atoms with Gasteiger partial charge in [0, 0.05) is 0 Å². The van der Waals surface area contributed by atoms with Gasteiger partial charge in [-0.3, -0.25) is 0 Å². The number of aryl methyl sites for hydroxylation is 2. The van der Waals surface area contributed by atoms with Crippen molar-refractivity contribution in [2.75, 3.05) is 0 Å². The second-order valence-electron chi connectivity index (χ2n) is 10.8. The van der Waals surface area contributed by atoms with Gasteiger partial charge >= 0.3 is 196 Å². The van der Waals surface area contributed by atoms with Crippen LogP contribution in [0.15, 0.2) is 89.5 Å². The van der Waals surface area contributed by atoms with E-state index < -0.39 is 13.3 Å². The van der Waals surface area contributed by atoms with Crippen molar-refractivity contribution >= 4 is 50.4 Å². The van der Waals surface area contributed by atoms with Gasteiger partial charge in [0.25, 0.3) is 0 Å². The van der Waals surface area contributed by atoms with E-state index in [1.807, 2.05) is 36.4 Å². The molecule has 0 N–H and O–H groups in total. The van der Waals surface area contributed by atoms with Crippen molar-refractivity contribution in [1.82, 2.24) is 0 Å². The molecule has 0 saturated carbocycles. The Bertz CT molecular complexity index is 1810. The SMILES string of the molecule is Cc1ccc2c(oc3c(-c4ccc5ccccc5c4)c(F)ccc32)c1-c1c[c]([Ge]([CH3])([CH3])[CH3])cc[n+]1C. The molecule has 0 aliphatic rings. The fraction of sp³-hybridized carbons (Fsp3) is 0.156. The number of furan rings is 1. The fourth-order valence-electron chi connectivity index (χ4n) is 5.19. The molecule has 2 nitrogen and oxygen atoms in total. The third-order valence-electron chi connectivity index (χ3n) is 7.28. The number of pyridine rings is 1. The number of nitrogens with zero attached hydrogens (tertiary/aromatic N) is 1. The van der Waals surface area contributed by atoms with Crippen LogP contribution in [-0.4, -0.2) is 13.3 Å². The zero-order valence-electron chi connectivity index (χ0n) is 21.3. The summed E-state index contributed by atoms with van der Waals surface area (Å²) < 4.78 is 25.7. The molecule has 0 fully saturated rings. The van der Waals surface area contributed by atoms with Crippen LogP contribution in [-0.2, 0) is 7.05 Å². The first-order valence-corrected chi connectivity index (χ1v) is 19.7. The van der Waals surface area contributed by atoms with Crippen molar-refractivity contribution in [2.45, 2.75) is 24.2 Å². The van der Waals surface area contributed by atoms with Gasteiger partial charge in [-0.1, -0.05) is 18.2 Å². The molecule has 0 aliphatic heterocycles. The first-order valence-electron chi connectivity index (χ1n) is 12.4. The molecule has 0 atom stereocenters. The van der Waals surface area contributed by atoms with Gasteiger partial charge in [0.1, 0.15) is 0 Å². The van der Waals surface area contributed by atoms with Crippen LogP contribution in [0.3, 0.4) is 0 Å². The average molecular weight is 535 g/mol. The minimum absolute atomic E-state index is 0.275. The van der Waals surface area contributed by atoms with Gasteiger partial charge in [-0.15, -0.1) is 0 Å². The summed E-state index contributed by atoms with van der Waals surface area (Å²) in [6.07, 6.45) is 2.16. The van der Waals surface area contributed by atoms with E-state index in [-0.39, 0.29) is 5.82 Å². The molecule has 0 amide bonds. The van der Waals surface area contributed by atoms with Crippen LogP contribution in [0.5, 0.6) is 0 Å². The van der Waals surface area contributed by atoms with E-state index in [9.17, 15) is 0 Å². The monoisotopic (exact) mass is 536 g/mol. The Morgan fingerprint density at radius 1 is 0.750 bits per heavy atom. The molecule has 6 aromatic rings. The second-order valence-corrected chi connectivity index (χ2v) is 21.4. The molecule has 6 rings (SSSR count). The van der Waals surface area contributed by atoms with E-state index >= 15 is 4.39 Å². The molecule has 4 heteroatoms. The number of benzene rings is 4. The molecule has 36 heavy (non-hydrogen) atoms. The molecule has 0 saturated heterocycles. The Kier molecular flexibility index (Phi) is 5.31. The fourth-order valence-corrected chi connectivity index (χ4v) is 7.60. The third-order valence-corrected chi connectivity index (χ3v) is 11.6. The van der Waals surface area contributed by atoms with E-state index in [0.717, 1.165) is 49.5 Å². The summed E-state index contributed by atoms with van der Waals surface area (Å²) in [5.41, 5.74) is 6.09. The molecule has 4 aromatic carbocycles. The number of hydrogen-bond donors (Lipinski definition) is 0. The van der Waals surface area contributed by atoms with Gasteiger partial charge in [0.15, 0.2) is 0 Å². The Hall–Kier alpha value is -3.44. The number of halogens is 1. The molecular formula is C32H29FGeNO+. The van der Waals surface area contributed by atoms with Gasteiger partial charge in [0.2, 0.25) is 0 Å². The van der Waals surface area contributed by atoms with E-state index in [2.05, 4.69) is 78.4 Å². The topological polar surface area (TPSA) is 17.0 Å². The second kappa shape index (κ2) is 8.31. The van der Waals surface area contributed by atoms with E-state index in [1.165, 1.54) is 4.40 Å². The van der Waals surface area contributed by atoms with E-state index in [0.29, 0.717) is 11.1 Å². The summed E-state index contributed by atoms with van der Waals surface area (Å²) in [6, 6.07) is 26.5. The van der Waals surface area contributed by atoms with Gasteiger partial charge < -0.3 is 0 Å². The van der Waals surface area contributed by atoms with Crippen LogP contribution in [0.4, 0.5) is 4.39 Å².